The topological polar surface area (TPSA) is 78.9 Å². The van der Waals surface area contributed by atoms with E-state index in [4.69, 9.17) is 14.2 Å². The van der Waals surface area contributed by atoms with Crippen LogP contribution < -0.4 is 0 Å². The maximum absolute atomic E-state index is 12.8. The van der Waals surface area contributed by atoms with E-state index in [1.165, 1.54) is 218 Å². The summed E-state index contributed by atoms with van der Waals surface area (Å²) in [6, 6.07) is 0. The molecule has 0 unspecified atom stereocenters. The molecule has 6 nitrogen and oxygen atoms in total. The molecule has 0 aromatic rings. The summed E-state index contributed by atoms with van der Waals surface area (Å²) in [5.74, 6) is -0.0298. The van der Waals surface area contributed by atoms with E-state index in [2.05, 4.69) is 27.7 Å². The molecule has 0 N–H and O–H groups in total. The zero-order valence-electron chi connectivity index (χ0n) is 43.0. The normalized spacial score (nSPS) is 12.0. The van der Waals surface area contributed by atoms with Crippen LogP contribution in [-0.4, -0.2) is 37.2 Å². The molecule has 63 heavy (non-hydrogen) atoms. The summed E-state index contributed by atoms with van der Waals surface area (Å²) >= 11 is 0. The van der Waals surface area contributed by atoms with Crippen molar-refractivity contribution in [3.05, 3.63) is 0 Å². The van der Waals surface area contributed by atoms with Crippen molar-refractivity contribution in [2.45, 2.75) is 329 Å². The SMILES string of the molecule is CCCCCCCCCCCCCCCCCCCC(=O)O[C@H](COC(=O)CCCCCCCCCCCCCCCCCC)COC(=O)CCCCCCCCCCCC(C)C. The highest BCUT2D eigenvalue weighted by Crippen LogP contribution is 2.18. The minimum absolute atomic E-state index is 0.0623. The van der Waals surface area contributed by atoms with E-state index in [9.17, 15) is 14.4 Å². The molecule has 374 valence electrons. The lowest BCUT2D eigenvalue weighted by Gasteiger charge is -2.18. The molecule has 1 atom stereocenters. The predicted octanol–water partition coefficient (Wildman–Crippen LogP) is 18.6. The molecule has 0 spiro atoms. The molecular formula is C57H110O6. The van der Waals surface area contributed by atoms with Gasteiger partial charge in [-0.3, -0.25) is 14.4 Å². The van der Waals surface area contributed by atoms with Crippen LogP contribution in [-0.2, 0) is 28.6 Å². The third-order valence-corrected chi connectivity index (χ3v) is 13.0. The number of rotatable bonds is 52. The summed E-state index contributed by atoms with van der Waals surface area (Å²) in [7, 11) is 0. The molecule has 0 rings (SSSR count). The van der Waals surface area contributed by atoms with E-state index in [-0.39, 0.29) is 31.1 Å². The molecular weight excluding hydrogens is 781 g/mol. The Balaban J connectivity index is 4.28. The highest BCUT2D eigenvalue weighted by Gasteiger charge is 2.19. The first-order valence-electron chi connectivity index (χ1n) is 28.4. The summed E-state index contributed by atoms with van der Waals surface area (Å²) in [6.45, 7) is 9.03. The van der Waals surface area contributed by atoms with Gasteiger partial charge in [0.05, 0.1) is 0 Å². The van der Waals surface area contributed by atoms with Crippen molar-refractivity contribution in [3.63, 3.8) is 0 Å². The largest absolute Gasteiger partial charge is 0.462 e. The van der Waals surface area contributed by atoms with Gasteiger partial charge in [0.2, 0.25) is 0 Å². The molecule has 0 amide bonds. The van der Waals surface area contributed by atoms with Crippen molar-refractivity contribution in [3.8, 4) is 0 Å². The van der Waals surface area contributed by atoms with Gasteiger partial charge in [-0.25, -0.2) is 0 Å². The van der Waals surface area contributed by atoms with Gasteiger partial charge in [-0.15, -0.1) is 0 Å². The van der Waals surface area contributed by atoms with Crippen molar-refractivity contribution in [1.82, 2.24) is 0 Å². The summed E-state index contributed by atoms with van der Waals surface area (Å²) in [6.07, 6.45) is 55.2. The van der Waals surface area contributed by atoms with Gasteiger partial charge in [-0.1, -0.05) is 285 Å². The molecule has 0 radical (unpaired) electrons. The number of carbonyl (C=O) groups is 3. The number of esters is 3. The second-order valence-corrected chi connectivity index (χ2v) is 20.1. The van der Waals surface area contributed by atoms with Gasteiger partial charge in [0.25, 0.3) is 0 Å². The molecule has 0 aliphatic rings. The van der Waals surface area contributed by atoms with Gasteiger partial charge in [-0.2, -0.15) is 0 Å². The second kappa shape index (κ2) is 51.4. The molecule has 0 aliphatic carbocycles. The summed E-state index contributed by atoms with van der Waals surface area (Å²) in [4.78, 5) is 38.1. The monoisotopic (exact) mass is 891 g/mol. The van der Waals surface area contributed by atoms with E-state index < -0.39 is 6.10 Å². The first-order chi connectivity index (χ1) is 30.9. The van der Waals surface area contributed by atoms with Gasteiger partial charge < -0.3 is 14.2 Å². The Morgan fingerprint density at radius 2 is 0.524 bits per heavy atom. The van der Waals surface area contributed by atoms with Crippen LogP contribution in [0.15, 0.2) is 0 Å². The lowest BCUT2D eigenvalue weighted by atomic mass is 10.0. The summed E-state index contributed by atoms with van der Waals surface area (Å²) < 4.78 is 16.9. The fraction of sp³-hybridized carbons (Fsp3) is 0.947. The Kier molecular flexibility index (Phi) is 50.1. The average Bonchev–Trinajstić information content (AvgIpc) is 3.27. The molecule has 0 bridgehead atoms. The number of carbonyl (C=O) groups excluding carboxylic acids is 3. The van der Waals surface area contributed by atoms with Crippen molar-refractivity contribution in [2.75, 3.05) is 13.2 Å². The average molecular weight is 892 g/mol. The highest BCUT2D eigenvalue weighted by molar-refractivity contribution is 5.71. The Hall–Kier alpha value is -1.59. The number of hydrogen-bond acceptors (Lipinski definition) is 6. The van der Waals surface area contributed by atoms with Gasteiger partial charge in [0.1, 0.15) is 13.2 Å². The minimum Gasteiger partial charge on any atom is -0.462 e. The van der Waals surface area contributed by atoms with Crippen molar-refractivity contribution < 1.29 is 28.6 Å². The molecule has 0 saturated heterocycles. The summed E-state index contributed by atoms with van der Waals surface area (Å²) in [5.41, 5.74) is 0. The van der Waals surface area contributed by atoms with Crippen LogP contribution >= 0.6 is 0 Å². The minimum atomic E-state index is -0.762. The first kappa shape index (κ1) is 61.4. The third-order valence-electron chi connectivity index (χ3n) is 13.0. The summed E-state index contributed by atoms with van der Waals surface area (Å²) in [5, 5.41) is 0. The zero-order valence-corrected chi connectivity index (χ0v) is 43.0. The van der Waals surface area contributed by atoms with Crippen molar-refractivity contribution in [2.24, 2.45) is 5.92 Å². The quantitative estimate of drug-likeness (QED) is 0.0344. The van der Waals surface area contributed by atoms with Gasteiger partial charge in [0, 0.05) is 19.3 Å². The molecule has 0 saturated carbocycles. The van der Waals surface area contributed by atoms with Crippen LogP contribution in [0.3, 0.4) is 0 Å². The predicted molar refractivity (Wildman–Crippen MR) is 270 cm³/mol. The first-order valence-corrected chi connectivity index (χ1v) is 28.4. The number of ether oxygens (including phenoxy) is 3. The van der Waals surface area contributed by atoms with Gasteiger partial charge in [0.15, 0.2) is 6.10 Å². The van der Waals surface area contributed by atoms with Crippen LogP contribution in [0.5, 0.6) is 0 Å². The Morgan fingerprint density at radius 1 is 0.302 bits per heavy atom. The molecule has 0 aromatic heterocycles. The van der Waals surface area contributed by atoms with E-state index in [1.54, 1.807) is 0 Å². The molecule has 0 heterocycles. The second-order valence-electron chi connectivity index (χ2n) is 20.1. The number of hydrogen-bond donors (Lipinski definition) is 0. The zero-order chi connectivity index (χ0) is 45.9. The van der Waals surface area contributed by atoms with Crippen LogP contribution in [0.2, 0.25) is 0 Å². The number of unbranched alkanes of at least 4 members (excludes halogenated alkanes) is 39. The van der Waals surface area contributed by atoms with Crippen LogP contribution in [0, 0.1) is 5.92 Å². The molecule has 0 aliphatic heterocycles. The van der Waals surface area contributed by atoms with E-state index in [0.29, 0.717) is 19.3 Å². The fourth-order valence-electron chi connectivity index (χ4n) is 8.75. The van der Waals surface area contributed by atoms with E-state index in [0.717, 1.165) is 63.7 Å². The smallest absolute Gasteiger partial charge is 0.306 e. The Labute approximate surface area is 393 Å². The molecule has 0 aromatic carbocycles. The lowest BCUT2D eigenvalue weighted by Crippen LogP contribution is -2.30. The lowest BCUT2D eigenvalue weighted by molar-refractivity contribution is -0.167. The fourth-order valence-corrected chi connectivity index (χ4v) is 8.75. The molecule has 6 heteroatoms. The van der Waals surface area contributed by atoms with Crippen molar-refractivity contribution in [1.29, 1.82) is 0 Å². The maximum atomic E-state index is 12.8. The van der Waals surface area contributed by atoms with Crippen LogP contribution in [0.25, 0.3) is 0 Å². The third kappa shape index (κ3) is 51.3. The standard InChI is InChI=1S/C57H110O6/c1-5-7-9-11-13-15-17-19-21-23-25-27-29-33-38-42-46-50-57(60)63-54(52-62-56(59)49-45-41-37-34-30-31-35-39-43-47-53(3)4)51-61-55(58)48-44-40-36-32-28-26-24-22-20-18-16-14-12-10-8-6-2/h53-54H,5-52H2,1-4H3/t54-/m1/s1. The van der Waals surface area contributed by atoms with Crippen LogP contribution in [0.1, 0.15) is 323 Å². The van der Waals surface area contributed by atoms with Gasteiger partial charge >= 0.3 is 17.9 Å². The van der Waals surface area contributed by atoms with Crippen molar-refractivity contribution >= 4 is 17.9 Å². The van der Waals surface area contributed by atoms with Crippen LogP contribution in [0.4, 0.5) is 0 Å². The molecule has 0 fully saturated rings. The maximum Gasteiger partial charge on any atom is 0.306 e. The van der Waals surface area contributed by atoms with E-state index in [1.807, 2.05) is 0 Å². The Bertz CT molecular complexity index is 949. The Morgan fingerprint density at radius 3 is 0.778 bits per heavy atom. The van der Waals surface area contributed by atoms with Gasteiger partial charge in [-0.05, 0) is 25.2 Å². The van der Waals surface area contributed by atoms with E-state index >= 15 is 0 Å². The highest BCUT2D eigenvalue weighted by atomic mass is 16.6.